The Morgan fingerprint density at radius 1 is 1.47 bits per heavy atom. The first-order valence-electron chi connectivity index (χ1n) is 7.25. The molecule has 5 heteroatoms. The molecule has 2 fully saturated rings. The highest BCUT2D eigenvalue weighted by Gasteiger charge is 2.44. The molecule has 2 unspecified atom stereocenters. The average Bonchev–Trinajstić information content (AvgIpc) is 2.68. The molecule has 0 aliphatic carbocycles. The summed E-state index contributed by atoms with van der Waals surface area (Å²) >= 11 is 0. The number of rotatable bonds is 3. The minimum atomic E-state index is -2.73. The zero-order valence-corrected chi connectivity index (χ0v) is 11.8. The third-order valence-electron chi connectivity index (χ3n) is 4.35. The molecule has 2 heterocycles. The molecule has 0 aromatic heterocycles. The molecule has 0 radical (unpaired) electrons. The molecular weight excluding hydrogens is 250 g/mol. The molecular formula is C14H24F2N2O. The second-order valence-electron chi connectivity index (χ2n) is 6.42. The van der Waals surface area contributed by atoms with Crippen LogP contribution in [0.2, 0.25) is 0 Å². The lowest BCUT2D eigenvalue weighted by molar-refractivity contribution is -0.137. The van der Waals surface area contributed by atoms with Gasteiger partial charge in [0.2, 0.25) is 5.91 Å². The van der Waals surface area contributed by atoms with Gasteiger partial charge in [0, 0.05) is 19.5 Å². The first-order chi connectivity index (χ1) is 8.85. The predicted octanol–water partition coefficient (Wildman–Crippen LogP) is 2.41. The molecule has 0 bridgehead atoms. The average molecular weight is 274 g/mol. The summed E-state index contributed by atoms with van der Waals surface area (Å²) in [6.45, 7) is 5.40. The van der Waals surface area contributed by atoms with Gasteiger partial charge >= 0.3 is 0 Å². The summed E-state index contributed by atoms with van der Waals surface area (Å²) in [5.41, 5.74) is 0.157. The van der Waals surface area contributed by atoms with E-state index in [1.807, 2.05) is 0 Å². The lowest BCUT2D eigenvalue weighted by Crippen LogP contribution is -2.50. The first kappa shape index (κ1) is 14.7. The minimum absolute atomic E-state index is 0.140. The van der Waals surface area contributed by atoms with E-state index in [-0.39, 0.29) is 24.3 Å². The van der Waals surface area contributed by atoms with Gasteiger partial charge in [-0.2, -0.15) is 0 Å². The van der Waals surface area contributed by atoms with E-state index >= 15 is 0 Å². The van der Waals surface area contributed by atoms with E-state index in [1.54, 1.807) is 4.90 Å². The lowest BCUT2D eigenvalue weighted by Gasteiger charge is -2.41. The third kappa shape index (κ3) is 3.44. The fraction of sp³-hybridized carbons (Fsp3) is 0.929. The molecule has 2 saturated heterocycles. The van der Waals surface area contributed by atoms with Gasteiger partial charge in [-0.05, 0) is 24.7 Å². The molecule has 0 aromatic carbocycles. The summed E-state index contributed by atoms with van der Waals surface area (Å²) in [4.78, 5) is 14.1. The molecule has 0 saturated carbocycles. The quantitative estimate of drug-likeness (QED) is 0.857. The van der Waals surface area contributed by atoms with E-state index in [9.17, 15) is 13.6 Å². The van der Waals surface area contributed by atoms with Gasteiger partial charge in [0.15, 0.2) is 0 Å². The molecule has 0 spiro atoms. The highest BCUT2D eigenvalue weighted by Crippen LogP contribution is 2.35. The molecule has 2 atom stereocenters. The monoisotopic (exact) mass is 274 g/mol. The van der Waals surface area contributed by atoms with Crippen molar-refractivity contribution in [3.8, 4) is 0 Å². The number of carbonyl (C=O) groups excluding carboxylic acids is 1. The van der Waals surface area contributed by atoms with Crippen molar-refractivity contribution < 1.29 is 13.6 Å². The Morgan fingerprint density at radius 2 is 2.21 bits per heavy atom. The van der Waals surface area contributed by atoms with Crippen molar-refractivity contribution in [3.05, 3.63) is 0 Å². The van der Waals surface area contributed by atoms with Gasteiger partial charge in [-0.1, -0.05) is 20.3 Å². The van der Waals surface area contributed by atoms with E-state index in [0.29, 0.717) is 13.1 Å². The van der Waals surface area contributed by atoms with Crippen molar-refractivity contribution in [1.29, 1.82) is 0 Å². The van der Waals surface area contributed by atoms with Crippen LogP contribution in [0, 0.1) is 5.41 Å². The summed E-state index contributed by atoms with van der Waals surface area (Å²) in [6, 6.07) is -0.695. The largest absolute Gasteiger partial charge is 0.341 e. The van der Waals surface area contributed by atoms with Gasteiger partial charge in [-0.3, -0.25) is 10.1 Å². The Morgan fingerprint density at radius 3 is 2.79 bits per heavy atom. The molecule has 2 aliphatic heterocycles. The number of halogens is 2. The highest BCUT2D eigenvalue weighted by atomic mass is 19.3. The van der Waals surface area contributed by atoms with Crippen LogP contribution in [0.1, 0.15) is 46.0 Å². The topological polar surface area (TPSA) is 32.3 Å². The maximum absolute atomic E-state index is 13.2. The molecule has 19 heavy (non-hydrogen) atoms. The number of alkyl halides is 2. The maximum atomic E-state index is 13.2. The lowest BCUT2D eigenvalue weighted by atomic mass is 9.78. The van der Waals surface area contributed by atoms with Crippen LogP contribution in [-0.2, 0) is 4.79 Å². The summed E-state index contributed by atoms with van der Waals surface area (Å²) in [5, 5.41) is 2.66. The standard InChI is InChI=1S/C14H24F2N2O/c1-3-5-13(2)6-4-7-18(10-13)12(19)11-8-14(15,16)9-17-11/h11,17H,3-10H2,1-2H3. The van der Waals surface area contributed by atoms with E-state index in [2.05, 4.69) is 19.2 Å². The molecule has 0 aromatic rings. The van der Waals surface area contributed by atoms with Crippen LogP contribution < -0.4 is 5.32 Å². The van der Waals surface area contributed by atoms with Gasteiger partial charge in [-0.15, -0.1) is 0 Å². The molecule has 1 amide bonds. The van der Waals surface area contributed by atoms with Crippen LogP contribution in [0.4, 0.5) is 8.78 Å². The predicted molar refractivity (Wildman–Crippen MR) is 70.2 cm³/mol. The Labute approximate surface area is 113 Å². The van der Waals surface area contributed by atoms with Crippen molar-refractivity contribution in [2.24, 2.45) is 5.41 Å². The SMILES string of the molecule is CCCC1(C)CCCN(C(=O)C2CC(F)(F)CN2)C1. The second kappa shape index (κ2) is 5.35. The smallest absolute Gasteiger partial charge is 0.262 e. The van der Waals surface area contributed by atoms with E-state index in [4.69, 9.17) is 0 Å². The zero-order chi connectivity index (χ0) is 14.1. The number of likely N-dealkylation sites (tertiary alicyclic amines) is 1. The normalized spacial score (nSPS) is 34.5. The highest BCUT2D eigenvalue weighted by molar-refractivity contribution is 5.82. The van der Waals surface area contributed by atoms with E-state index in [0.717, 1.165) is 25.7 Å². The summed E-state index contributed by atoms with van der Waals surface area (Å²) < 4.78 is 26.3. The van der Waals surface area contributed by atoms with Crippen molar-refractivity contribution in [1.82, 2.24) is 10.2 Å². The molecule has 110 valence electrons. The number of carbonyl (C=O) groups is 1. The minimum Gasteiger partial charge on any atom is -0.341 e. The van der Waals surface area contributed by atoms with Crippen LogP contribution >= 0.6 is 0 Å². The Kier molecular flexibility index (Phi) is 4.14. The van der Waals surface area contributed by atoms with Crippen LogP contribution in [-0.4, -0.2) is 42.4 Å². The van der Waals surface area contributed by atoms with Crippen LogP contribution in [0.15, 0.2) is 0 Å². The Balaban J connectivity index is 1.96. The van der Waals surface area contributed by atoms with Crippen molar-refractivity contribution >= 4 is 5.91 Å². The number of piperidine rings is 1. The number of nitrogens with zero attached hydrogens (tertiary/aromatic N) is 1. The maximum Gasteiger partial charge on any atom is 0.262 e. The van der Waals surface area contributed by atoms with Gasteiger partial charge in [-0.25, -0.2) is 8.78 Å². The third-order valence-corrected chi connectivity index (χ3v) is 4.35. The van der Waals surface area contributed by atoms with Gasteiger partial charge in [0.1, 0.15) is 0 Å². The molecule has 3 nitrogen and oxygen atoms in total. The molecule has 2 rings (SSSR count). The van der Waals surface area contributed by atoms with Gasteiger partial charge in [0.05, 0.1) is 12.6 Å². The van der Waals surface area contributed by atoms with E-state index in [1.165, 1.54) is 0 Å². The number of hydrogen-bond acceptors (Lipinski definition) is 2. The van der Waals surface area contributed by atoms with Crippen molar-refractivity contribution in [2.75, 3.05) is 19.6 Å². The first-order valence-corrected chi connectivity index (χ1v) is 7.25. The van der Waals surface area contributed by atoms with Crippen LogP contribution in [0.3, 0.4) is 0 Å². The molecule has 1 N–H and O–H groups in total. The van der Waals surface area contributed by atoms with Gasteiger partial charge < -0.3 is 4.90 Å². The summed E-state index contributed by atoms with van der Waals surface area (Å²) in [7, 11) is 0. The Hall–Kier alpha value is -0.710. The second-order valence-corrected chi connectivity index (χ2v) is 6.42. The molecule has 2 aliphatic rings. The zero-order valence-electron chi connectivity index (χ0n) is 11.8. The summed E-state index contributed by atoms with van der Waals surface area (Å²) in [6.07, 6.45) is 3.93. The van der Waals surface area contributed by atoms with Crippen LogP contribution in [0.5, 0.6) is 0 Å². The van der Waals surface area contributed by atoms with Crippen molar-refractivity contribution in [3.63, 3.8) is 0 Å². The fourth-order valence-electron chi connectivity index (χ4n) is 3.42. The Bertz CT molecular complexity index is 344. The fourth-order valence-corrected chi connectivity index (χ4v) is 3.42. The van der Waals surface area contributed by atoms with E-state index < -0.39 is 12.0 Å². The summed E-state index contributed by atoms with van der Waals surface area (Å²) in [5.74, 6) is -2.87. The number of amides is 1. The van der Waals surface area contributed by atoms with Crippen molar-refractivity contribution in [2.45, 2.75) is 57.9 Å². The van der Waals surface area contributed by atoms with Gasteiger partial charge in [0.25, 0.3) is 5.92 Å². The van der Waals surface area contributed by atoms with Crippen LogP contribution in [0.25, 0.3) is 0 Å². The number of hydrogen-bond donors (Lipinski definition) is 1. The number of nitrogens with one attached hydrogen (secondary N) is 1.